The first-order chi connectivity index (χ1) is 10.6. The Bertz CT molecular complexity index is 741. The van der Waals surface area contributed by atoms with Crippen LogP contribution in [0.15, 0.2) is 46.3 Å². The maximum atomic E-state index is 6.16. The van der Waals surface area contributed by atoms with Gasteiger partial charge in [-0.25, -0.2) is 0 Å². The van der Waals surface area contributed by atoms with Gasteiger partial charge in [-0.1, -0.05) is 35.0 Å². The second-order valence-corrected chi connectivity index (χ2v) is 6.48. The molecule has 0 fully saturated rings. The van der Waals surface area contributed by atoms with Crippen LogP contribution in [0.4, 0.5) is 0 Å². The summed E-state index contributed by atoms with van der Waals surface area (Å²) < 4.78 is 5.35. The van der Waals surface area contributed by atoms with Crippen LogP contribution in [0.2, 0.25) is 5.02 Å². The van der Waals surface area contributed by atoms with Crippen LogP contribution in [0, 0.1) is 0 Å². The van der Waals surface area contributed by atoms with E-state index in [1.807, 2.05) is 31.3 Å². The van der Waals surface area contributed by atoms with Gasteiger partial charge in [0.1, 0.15) is 0 Å². The number of thiophene rings is 1. The maximum Gasteiger partial charge on any atom is 0.241 e. The first-order valence-electron chi connectivity index (χ1n) is 6.96. The van der Waals surface area contributed by atoms with Crippen molar-refractivity contribution in [3.05, 3.63) is 57.6 Å². The molecule has 0 amide bonds. The summed E-state index contributed by atoms with van der Waals surface area (Å²) in [4.78, 5) is 7.93. The second-order valence-electron chi connectivity index (χ2n) is 5.10. The van der Waals surface area contributed by atoms with Gasteiger partial charge in [-0.2, -0.15) is 4.98 Å². The molecule has 0 N–H and O–H groups in total. The Morgan fingerprint density at radius 1 is 1.27 bits per heavy atom. The van der Waals surface area contributed by atoms with Crippen molar-refractivity contribution >= 4 is 22.9 Å². The van der Waals surface area contributed by atoms with Crippen molar-refractivity contribution in [1.29, 1.82) is 0 Å². The molecule has 3 aromatic rings. The Labute approximate surface area is 138 Å². The fourth-order valence-corrected chi connectivity index (χ4v) is 3.24. The van der Waals surface area contributed by atoms with Gasteiger partial charge in [0.15, 0.2) is 0 Å². The predicted molar refractivity (Wildman–Crippen MR) is 88.9 cm³/mol. The zero-order valence-corrected chi connectivity index (χ0v) is 13.9. The summed E-state index contributed by atoms with van der Waals surface area (Å²) in [5, 5.41) is 6.73. The molecule has 0 aliphatic carbocycles. The van der Waals surface area contributed by atoms with E-state index in [0.29, 0.717) is 29.3 Å². The van der Waals surface area contributed by atoms with E-state index in [1.54, 1.807) is 11.3 Å². The molecule has 0 saturated heterocycles. The van der Waals surface area contributed by atoms with E-state index < -0.39 is 0 Å². The first kappa shape index (κ1) is 15.2. The molecule has 0 aliphatic rings. The van der Waals surface area contributed by atoms with E-state index in [4.69, 9.17) is 16.1 Å². The van der Waals surface area contributed by atoms with Gasteiger partial charge in [-0.3, -0.25) is 4.90 Å². The minimum Gasteiger partial charge on any atom is -0.338 e. The standard InChI is InChI=1S/C16H16ClN3OS/c1-11(14-8-5-9-22-14)20(2)10-15-18-16(19-21-15)12-6-3-4-7-13(12)17/h3-9,11H,10H2,1-2H3/t11-/m0/s1. The number of hydrogen-bond acceptors (Lipinski definition) is 5. The van der Waals surface area contributed by atoms with Crippen molar-refractivity contribution in [2.75, 3.05) is 7.05 Å². The molecule has 1 aromatic carbocycles. The van der Waals surface area contributed by atoms with E-state index in [-0.39, 0.29) is 0 Å². The molecule has 4 nitrogen and oxygen atoms in total. The molecule has 6 heteroatoms. The fourth-order valence-electron chi connectivity index (χ4n) is 2.17. The van der Waals surface area contributed by atoms with Crippen molar-refractivity contribution in [3.8, 4) is 11.4 Å². The van der Waals surface area contributed by atoms with Crippen molar-refractivity contribution in [2.24, 2.45) is 0 Å². The highest BCUT2D eigenvalue weighted by molar-refractivity contribution is 7.10. The monoisotopic (exact) mass is 333 g/mol. The molecule has 22 heavy (non-hydrogen) atoms. The minimum absolute atomic E-state index is 0.302. The van der Waals surface area contributed by atoms with E-state index >= 15 is 0 Å². The quantitative estimate of drug-likeness (QED) is 0.682. The van der Waals surface area contributed by atoms with Crippen molar-refractivity contribution in [1.82, 2.24) is 15.0 Å². The predicted octanol–water partition coefficient (Wildman–Crippen LogP) is 4.64. The smallest absolute Gasteiger partial charge is 0.241 e. The summed E-state index contributed by atoms with van der Waals surface area (Å²) in [6.45, 7) is 2.76. The number of benzene rings is 1. The van der Waals surface area contributed by atoms with Crippen LogP contribution in [0.25, 0.3) is 11.4 Å². The Morgan fingerprint density at radius 3 is 2.82 bits per heavy atom. The van der Waals surface area contributed by atoms with E-state index in [1.165, 1.54) is 4.88 Å². The summed E-state index contributed by atoms with van der Waals surface area (Å²) in [7, 11) is 2.05. The highest BCUT2D eigenvalue weighted by Crippen LogP contribution is 2.27. The van der Waals surface area contributed by atoms with Gasteiger partial charge in [-0.15, -0.1) is 11.3 Å². The van der Waals surface area contributed by atoms with E-state index in [2.05, 4.69) is 39.5 Å². The summed E-state index contributed by atoms with van der Waals surface area (Å²) in [5.74, 6) is 1.11. The van der Waals surface area contributed by atoms with Crippen molar-refractivity contribution in [3.63, 3.8) is 0 Å². The van der Waals surface area contributed by atoms with Gasteiger partial charge in [0.2, 0.25) is 11.7 Å². The largest absolute Gasteiger partial charge is 0.338 e. The third-order valence-corrected chi connectivity index (χ3v) is 4.96. The lowest BCUT2D eigenvalue weighted by molar-refractivity contribution is 0.219. The Kier molecular flexibility index (Phi) is 4.57. The number of rotatable bonds is 5. The van der Waals surface area contributed by atoms with Crippen LogP contribution in [-0.2, 0) is 6.54 Å². The third kappa shape index (κ3) is 3.21. The van der Waals surface area contributed by atoms with Crippen LogP contribution in [0.1, 0.15) is 23.7 Å². The normalized spacial score (nSPS) is 12.7. The Morgan fingerprint density at radius 2 is 2.09 bits per heavy atom. The average molecular weight is 334 g/mol. The van der Waals surface area contributed by atoms with E-state index in [0.717, 1.165) is 5.56 Å². The molecule has 0 aliphatic heterocycles. The molecule has 1 atom stereocenters. The topological polar surface area (TPSA) is 42.2 Å². The Balaban J connectivity index is 1.73. The molecule has 0 radical (unpaired) electrons. The van der Waals surface area contributed by atoms with Gasteiger partial charge in [0.25, 0.3) is 0 Å². The fraction of sp³-hybridized carbons (Fsp3) is 0.250. The molecule has 0 unspecified atom stereocenters. The lowest BCUT2D eigenvalue weighted by Crippen LogP contribution is -2.21. The van der Waals surface area contributed by atoms with Gasteiger partial charge < -0.3 is 4.52 Å². The SMILES string of the molecule is C[C@@H](c1cccs1)N(C)Cc1nc(-c2ccccc2Cl)no1. The number of nitrogens with zero attached hydrogens (tertiary/aromatic N) is 3. The first-order valence-corrected chi connectivity index (χ1v) is 8.22. The average Bonchev–Trinajstić information content (AvgIpc) is 3.18. The number of hydrogen-bond donors (Lipinski definition) is 0. The zero-order valence-electron chi connectivity index (χ0n) is 12.4. The number of halogens is 1. The summed E-state index contributed by atoms with van der Waals surface area (Å²) in [6.07, 6.45) is 0. The van der Waals surface area contributed by atoms with Crippen LogP contribution < -0.4 is 0 Å². The molecule has 2 heterocycles. The van der Waals surface area contributed by atoms with Crippen LogP contribution in [0.3, 0.4) is 0 Å². The Hall–Kier alpha value is -1.69. The van der Waals surface area contributed by atoms with Gasteiger partial charge >= 0.3 is 0 Å². The molecule has 114 valence electrons. The highest BCUT2D eigenvalue weighted by atomic mass is 35.5. The zero-order chi connectivity index (χ0) is 15.5. The third-order valence-electron chi connectivity index (χ3n) is 3.58. The molecule has 3 rings (SSSR count). The molecule has 2 aromatic heterocycles. The van der Waals surface area contributed by atoms with Gasteiger partial charge in [0, 0.05) is 16.5 Å². The van der Waals surface area contributed by atoms with Crippen molar-refractivity contribution < 1.29 is 4.52 Å². The summed E-state index contributed by atoms with van der Waals surface area (Å²) in [6, 6.07) is 12.0. The lowest BCUT2D eigenvalue weighted by atomic mass is 10.2. The second kappa shape index (κ2) is 6.60. The summed E-state index contributed by atoms with van der Waals surface area (Å²) in [5.41, 5.74) is 0.785. The molecular weight excluding hydrogens is 318 g/mol. The highest BCUT2D eigenvalue weighted by Gasteiger charge is 2.17. The summed E-state index contributed by atoms with van der Waals surface area (Å²) >= 11 is 7.91. The van der Waals surface area contributed by atoms with Crippen LogP contribution >= 0.6 is 22.9 Å². The maximum absolute atomic E-state index is 6.16. The lowest BCUT2D eigenvalue weighted by Gasteiger charge is -2.21. The van der Waals surface area contributed by atoms with Gasteiger partial charge in [-0.05, 0) is 37.6 Å². The molecule has 0 bridgehead atoms. The van der Waals surface area contributed by atoms with Crippen LogP contribution in [-0.4, -0.2) is 22.1 Å². The molecule has 0 spiro atoms. The van der Waals surface area contributed by atoms with Crippen LogP contribution in [0.5, 0.6) is 0 Å². The van der Waals surface area contributed by atoms with E-state index in [9.17, 15) is 0 Å². The van der Waals surface area contributed by atoms with Crippen molar-refractivity contribution in [2.45, 2.75) is 19.5 Å². The minimum atomic E-state index is 0.302. The molecule has 0 saturated carbocycles. The number of aromatic nitrogens is 2. The van der Waals surface area contributed by atoms with Gasteiger partial charge in [0.05, 0.1) is 11.6 Å². The molecular formula is C16H16ClN3OS.